The number of carboxylic acids is 1. The van der Waals surface area contributed by atoms with E-state index in [9.17, 15) is 23.1 Å². The van der Waals surface area contributed by atoms with E-state index in [-0.39, 0.29) is 29.5 Å². The lowest BCUT2D eigenvalue weighted by atomic mass is 9.74. The Labute approximate surface area is 154 Å². The van der Waals surface area contributed by atoms with Gasteiger partial charge in [0.1, 0.15) is 0 Å². The Bertz CT molecular complexity index is 734. The van der Waals surface area contributed by atoms with Gasteiger partial charge in [-0.05, 0) is 37.0 Å². The number of carbonyl (C=O) groups excluding carboxylic acids is 1. The molecule has 1 fully saturated rings. The van der Waals surface area contributed by atoms with E-state index < -0.39 is 21.2 Å². The van der Waals surface area contributed by atoms with Crippen LogP contribution in [-0.2, 0) is 25.8 Å². The monoisotopic (exact) mass is 381 g/mol. The molecule has 0 radical (unpaired) electrons. The summed E-state index contributed by atoms with van der Waals surface area (Å²) in [4.78, 5) is 24.0. The van der Waals surface area contributed by atoms with E-state index in [0.29, 0.717) is 19.3 Å². The molecule has 144 valence electrons. The van der Waals surface area contributed by atoms with Crippen molar-refractivity contribution in [1.82, 2.24) is 5.32 Å². The first-order valence-corrected chi connectivity index (χ1v) is 10.8. The van der Waals surface area contributed by atoms with Crippen LogP contribution < -0.4 is 5.32 Å². The molecule has 0 atom stereocenters. The van der Waals surface area contributed by atoms with E-state index in [4.69, 9.17) is 0 Å². The summed E-state index contributed by atoms with van der Waals surface area (Å²) in [5.41, 5.74) is 0.0465. The van der Waals surface area contributed by atoms with E-state index in [2.05, 4.69) is 5.32 Å². The molecule has 0 aliphatic heterocycles. The van der Waals surface area contributed by atoms with Crippen LogP contribution >= 0.6 is 0 Å². The van der Waals surface area contributed by atoms with E-state index >= 15 is 0 Å². The summed E-state index contributed by atoms with van der Waals surface area (Å²) in [6.07, 6.45) is 4.76. The van der Waals surface area contributed by atoms with Crippen molar-refractivity contribution >= 4 is 21.7 Å². The molecule has 0 spiro atoms. The van der Waals surface area contributed by atoms with E-state index in [1.54, 1.807) is 31.2 Å². The first-order valence-electron chi connectivity index (χ1n) is 9.11. The minimum atomic E-state index is -3.22. The molecule has 2 N–H and O–H groups in total. The highest BCUT2D eigenvalue weighted by molar-refractivity contribution is 7.91. The van der Waals surface area contributed by atoms with Gasteiger partial charge in [-0.15, -0.1) is 0 Å². The van der Waals surface area contributed by atoms with Gasteiger partial charge in [-0.1, -0.05) is 38.3 Å². The van der Waals surface area contributed by atoms with E-state index in [1.807, 2.05) is 0 Å². The van der Waals surface area contributed by atoms with Crippen molar-refractivity contribution in [3.63, 3.8) is 0 Å². The zero-order valence-electron chi connectivity index (χ0n) is 15.2. The Balaban J connectivity index is 1.86. The van der Waals surface area contributed by atoms with Crippen molar-refractivity contribution in [3.8, 4) is 0 Å². The number of hydrogen-bond donors (Lipinski definition) is 2. The number of sulfone groups is 1. The number of aryl methyl sites for hydroxylation is 1. The van der Waals surface area contributed by atoms with Crippen LogP contribution in [0.1, 0.15) is 51.0 Å². The third-order valence-corrected chi connectivity index (χ3v) is 6.94. The van der Waals surface area contributed by atoms with Gasteiger partial charge >= 0.3 is 5.97 Å². The molecule has 1 aliphatic rings. The Morgan fingerprint density at radius 1 is 1.12 bits per heavy atom. The maximum atomic E-state index is 12.1. The molecule has 1 amide bonds. The number of carboxylic acid groups (broad SMARTS) is 1. The van der Waals surface area contributed by atoms with Gasteiger partial charge in [0.15, 0.2) is 9.84 Å². The maximum Gasteiger partial charge on any atom is 0.311 e. The fourth-order valence-electron chi connectivity index (χ4n) is 3.34. The van der Waals surface area contributed by atoms with Crippen molar-refractivity contribution in [1.29, 1.82) is 0 Å². The van der Waals surface area contributed by atoms with Gasteiger partial charge in [-0.25, -0.2) is 8.42 Å². The number of carbonyl (C=O) groups is 2. The van der Waals surface area contributed by atoms with Crippen molar-refractivity contribution in [3.05, 3.63) is 29.8 Å². The molecule has 0 heterocycles. The van der Waals surface area contributed by atoms with Crippen LogP contribution in [0.15, 0.2) is 29.2 Å². The molecular formula is C19H27NO5S. The average molecular weight is 381 g/mol. The zero-order valence-corrected chi connectivity index (χ0v) is 16.0. The molecular weight excluding hydrogens is 354 g/mol. The molecule has 0 saturated heterocycles. The Morgan fingerprint density at radius 2 is 1.73 bits per heavy atom. The number of aliphatic carboxylic acids is 1. The quantitative estimate of drug-likeness (QED) is 0.721. The van der Waals surface area contributed by atoms with Crippen LogP contribution in [0, 0.1) is 5.41 Å². The molecule has 1 aromatic carbocycles. The predicted molar refractivity (Wildman–Crippen MR) is 98.7 cm³/mol. The highest BCUT2D eigenvalue weighted by Gasteiger charge is 2.39. The summed E-state index contributed by atoms with van der Waals surface area (Å²) in [6.45, 7) is 1.78. The van der Waals surface area contributed by atoms with Gasteiger partial charge in [0.05, 0.1) is 16.1 Å². The van der Waals surface area contributed by atoms with Gasteiger partial charge in [-0.3, -0.25) is 9.59 Å². The molecule has 0 aromatic heterocycles. The lowest BCUT2D eigenvalue weighted by Gasteiger charge is -2.33. The van der Waals surface area contributed by atoms with Gasteiger partial charge in [0.2, 0.25) is 5.91 Å². The summed E-state index contributed by atoms with van der Waals surface area (Å²) in [6, 6.07) is 6.56. The Morgan fingerprint density at radius 3 is 2.27 bits per heavy atom. The molecule has 26 heavy (non-hydrogen) atoms. The second-order valence-electron chi connectivity index (χ2n) is 6.97. The van der Waals surface area contributed by atoms with Crippen molar-refractivity contribution in [2.45, 2.75) is 56.8 Å². The molecule has 0 bridgehead atoms. The van der Waals surface area contributed by atoms with Crippen LogP contribution in [0.3, 0.4) is 0 Å². The first kappa shape index (κ1) is 20.4. The predicted octanol–water partition coefficient (Wildman–Crippen LogP) is 2.56. The van der Waals surface area contributed by atoms with Crippen LogP contribution in [0.4, 0.5) is 0 Å². The molecule has 1 aliphatic carbocycles. The standard InChI is InChI=1S/C19H27NO5S/c1-2-26(24,25)16-9-6-15(7-10-16)8-11-17(21)20-14-19(18(22)23)12-4-3-5-13-19/h6-7,9-10H,2-5,8,11-14H2,1H3,(H,20,21)(H,22,23). The molecule has 7 heteroatoms. The van der Waals surface area contributed by atoms with Crippen molar-refractivity contribution in [2.24, 2.45) is 5.41 Å². The fraction of sp³-hybridized carbons (Fsp3) is 0.579. The summed E-state index contributed by atoms with van der Waals surface area (Å²) in [5.74, 6) is -0.952. The minimum absolute atomic E-state index is 0.0556. The van der Waals surface area contributed by atoms with Gasteiger partial charge < -0.3 is 10.4 Å². The van der Waals surface area contributed by atoms with Crippen LogP contribution in [0.2, 0.25) is 0 Å². The number of nitrogens with one attached hydrogen (secondary N) is 1. The van der Waals surface area contributed by atoms with Crippen LogP contribution in [0.5, 0.6) is 0 Å². The maximum absolute atomic E-state index is 12.1. The van der Waals surface area contributed by atoms with E-state index in [0.717, 1.165) is 24.8 Å². The number of benzene rings is 1. The Hall–Kier alpha value is -1.89. The molecule has 2 rings (SSSR count). The zero-order chi connectivity index (χ0) is 19.2. The summed E-state index contributed by atoms with van der Waals surface area (Å²) < 4.78 is 23.6. The second kappa shape index (κ2) is 8.66. The Kier molecular flexibility index (Phi) is 6.81. The van der Waals surface area contributed by atoms with Crippen molar-refractivity contribution < 1.29 is 23.1 Å². The third-order valence-electron chi connectivity index (χ3n) is 5.19. The minimum Gasteiger partial charge on any atom is -0.481 e. The molecule has 0 unspecified atom stereocenters. The second-order valence-corrected chi connectivity index (χ2v) is 9.25. The topological polar surface area (TPSA) is 101 Å². The van der Waals surface area contributed by atoms with Gasteiger partial charge in [0.25, 0.3) is 0 Å². The number of amides is 1. The lowest BCUT2D eigenvalue weighted by molar-refractivity contribution is -0.151. The lowest BCUT2D eigenvalue weighted by Crippen LogP contribution is -2.44. The fourth-order valence-corrected chi connectivity index (χ4v) is 4.22. The highest BCUT2D eigenvalue weighted by Crippen LogP contribution is 2.36. The third kappa shape index (κ3) is 5.06. The number of rotatable bonds is 8. The van der Waals surface area contributed by atoms with Crippen molar-refractivity contribution in [2.75, 3.05) is 12.3 Å². The summed E-state index contributed by atoms with van der Waals surface area (Å²) >= 11 is 0. The smallest absolute Gasteiger partial charge is 0.311 e. The SMILES string of the molecule is CCS(=O)(=O)c1ccc(CCC(=O)NCC2(C(=O)O)CCCCC2)cc1. The summed E-state index contributed by atoms with van der Waals surface area (Å²) in [7, 11) is -3.22. The normalized spacial score (nSPS) is 16.8. The molecule has 1 saturated carbocycles. The molecule has 6 nitrogen and oxygen atoms in total. The van der Waals surface area contributed by atoms with Gasteiger partial charge in [-0.2, -0.15) is 0 Å². The largest absolute Gasteiger partial charge is 0.481 e. The first-order chi connectivity index (χ1) is 12.3. The number of hydrogen-bond acceptors (Lipinski definition) is 4. The summed E-state index contributed by atoms with van der Waals surface area (Å²) in [5, 5.41) is 12.3. The molecule has 1 aromatic rings. The van der Waals surface area contributed by atoms with Gasteiger partial charge in [0, 0.05) is 13.0 Å². The average Bonchev–Trinajstić information content (AvgIpc) is 2.65. The highest BCUT2D eigenvalue weighted by atomic mass is 32.2. The van der Waals surface area contributed by atoms with Crippen LogP contribution in [0.25, 0.3) is 0 Å². The van der Waals surface area contributed by atoms with E-state index in [1.165, 1.54) is 0 Å². The van der Waals surface area contributed by atoms with Crippen LogP contribution in [-0.4, -0.2) is 37.7 Å².